The summed E-state index contributed by atoms with van der Waals surface area (Å²) in [6.45, 7) is 0. The summed E-state index contributed by atoms with van der Waals surface area (Å²) in [6, 6.07) is 10.9. The molecule has 0 saturated heterocycles. The number of benzene rings is 2. The molecule has 1 atom stereocenters. The minimum absolute atomic E-state index is 0.00875. The van der Waals surface area contributed by atoms with E-state index in [-0.39, 0.29) is 10.5 Å². The van der Waals surface area contributed by atoms with Crippen LogP contribution in [0.25, 0.3) is 0 Å². The van der Waals surface area contributed by atoms with E-state index < -0.39 is 27.8 Å². The molecule has 1 heterocycles. The molecular weight excluding hydrogens is 395 g/mol. The Kier molecular flexibility index (Phi) is 5.81. The maximum absolute atomic E-state index is 13.8. The zero-order valence-corrected chi connectivity index (χ0v) is 17.0. The zero-order valence-electron chi connectivity index (χ0n) is 16.2. The molecule has 3 rings (SSSR count). The van der Waals surface area contributed by atoms with E-state index in [4.69, 9.17) is 0 Å². The van der Waals surface area contributed by atoms with Gasteiger partial charge < -0.3 is 9.88 Å². The van der Waals surface area contributed by atoms with Crippen molar-refractivity contribution in [2.75, 3.05) is 14.1 Å². The van der Waals surface area contributed by atoms with Gasteiger partial charge in [0, 0.05) is 39.1 Å². The summed E-state index contributed by atoms with van der Waals surface area (Å²) in [6.07, 6.45) is 3.30. The average molecular weight is 416 g/mol. The number of hydrogen-bond donors (Lipinski definition) is 1. The summed E-state index contributed by atoms with van der Waals surface area (Å²) in [4.78, 5) is 17.2. The number of amides is 1. The Morgan fingerprint density at radius 1 is 1.17 bits per heavy atom. The van der Waals surface area contributed by atoms with Crippen molar-refractivity contribution in [2.24, 2.45) is 7.05 Å². The molecule has 1 N–H and O–H groups in total. The van der Waals surface area contributed by atoms with Crippen LogP contribution in [0.3, 0.4) is 0 Å². The molecule has 0 unspecified atom stereocenters. The minimum atomic E-state index is -3.68. The number of hydrogen-bond acceptors (Lipinski definition) is 4. The van der Waals surface area contributed by atoms with Gasteiger partial charge >= 0.3 is 0 Å². The van der Waals surface area contributed by atoms with Gasteiger partial charge in [-0.25, -0.2) is 22.1 Å². The molecule has 2 aromatic carbocycles. The van der Waals surface area contributed by atoms with Crippen molar-refractivity contribution in [3.8, 4) is 0 Å². The van der Waals surface area contributed by atoms with Crippen LogP contribution in [0.4, 0.5) is 4.39 Å². The molecule has 0 aliphatic carbocycles. The van der Waals surface area contributed by atoms with E-state index in [1.807, 2.05) is 0 Å². The molecule has 0 fully saturated rings. The highest BCUT2D eigenvalue weighted by molar-refractivity contribution is 7.89. The largest absolute Gasteiger partial charge is 0.338 e. The molecule has 29 heavy (non-hydrogen) atoms. The number of imidazole rings is 1. The Bertz CT molecular complexity index is 1140. The highest BCUT2D eigenvalue weighted by Crippen LogP contribution is 2.22. The summed E-state index contributed by atoms with van der Waals surface area (Å²) < 4.78 is 41.3. The number of aromatic nitrogens is 2. The van der Waals surface area contributed by atoms with Gasteiger partial charge in [-0.15, -0.1) is 0 Å². The standard InChI is InChI=1S/C20H21FN4O3S/c1-24(2)29(27,28)17-9-5-7-15(13-17)20(26)23-18(19-22-10-11-25(19)3)14-6-4-8-16(21)12-14/h4-13,18H,1-3H3,(H,23,26)/t18-/m1/s1. The van der Waals surface area contributed by atoms with E-state index in [1.165, 1.54) is 50.5 Å². The van der Waals surface area contributed by atoms with Gasteiger partial charge in [-0.2, -0.15) is 0 Å². The molecule has 0 saturated carbocycles. The van der Waals surface area contributed by atoms with Gasteiger partial charge in [0.15, 0.2) is 0 Å². The van der Waals surface area contributed by atoms with E-state index >= 15 is 0 Å². The summed E-state index contributed by atoms with van der Waals surface area (Å²) in [5.74, 6) is -0.422. The van der Waals surface area contributed by atoms with Crippen LogP contribution in [0.2, 0.25) is 0 Å². The number of aryl methyl sites for hydroxylation is 1. The van der Waals surface area contributed by atoms with Gasteiger partial charge in [-0.05, 0) is 35.9 Å². The van der Waals surface area contributed by atoms with Crippen molar-refractivity contribution >= 4 is 15.9 Å². The second-order valence-corrected chi connectivity index (χ2v) is 8.82. The van der Waals surface area contributed by atoms with Gasteiger partial charge in [0.05, 0.1) is 4.90 Å². The maximum Gasteiger partial charge on any atom is 0.252 e. The van der Waals surface area contributed by atoms with Crippen LogP contribution in [0.15, 0.2) is 65.8 Å². The fourth-order valence-electron chi connectivity index (χ4n) is 2.86. The second-order valence-electron chi connectivity index (χ2n) is 6.67. The minimum Gasteiger partial charge on any atom is -0.338 e. The van der Waals surface area contributed by atoms with Crippen LogP contribution >= 0.6 is 0 Å². The predicted molar refractivity (Wildman–Crippen MR) is 106 cm³/mol. The SMILES string of the molecule is CN(C)S(=O)(=O)c1cccc(C(=O)N[C@H](c2cccc(F)c2)c2nccn2C)c1. The van der Waals surface area contributed by atoms with Gasteiger partial charge in [0.25, 0.3) is 5.91 Å². The van der Waals surface area contributed by atoms with E-state index in [9.17, 15) is 17.6 Å². The molecule has 3 aromatic rings. The lowest BCUT2D eigenvalue weighted by Gasteiger charge is -2.20. The number of rotatable bonds is 6. The number of halogens is 1. The van der Waals surface area contributed by atoms with E-state index in [0.29, 0.717) is 11.4 Å². The van der Waals surface area contributed by atoms with Gasteiger partial charge in [0.1, 0.15) is 17.7 Å². The normalized spacial score (nSPS) is 12.7. The van der Waals surface area contributed by atoms with Crippen LogP contribution in [0.5, 0.6) is 0 Å². The van der Waals surface area contributed by atoms with Crippen molar-refractivity contribution in [2.45, 2.75) is 10.9 Å². The molecule has 0 spiro atoms. The molecular formula is C20H21FN4O3S. The van der Waals surface area contributed by atoms with Crippen molar-refractivity contribution in [3.63, 3.8) is 0 Å². The molecule has 9 heteroatoms. The average Bonchev–Trinajstić information content (AvgIpc) is 3.11. The number of nitrogens with zero attached hydrogens (tertiary/aromatic N) is 3. The maximum atomic E-state index is 13.8. The fraction of sp³-hybridized carbons (Fsp3) is 0.200. The quantitative estimate of drug-likeness (QED) is 0.669. The topological polar surface area (TPSA) is 84.3 Å². The molecule has 1 aromatic heterocycles. The summed E-state index contributed by atoms with van der Waals surface area (Å²) in [5, 5.41) is 2.83. The predicted octanol–water partition coefficient (Wildman–Crippen LogP) is 2.33. The lowest BCUT2D eigenvalue weighted by Crippen LogP contribution is -2.31. The number of nitrogens with one attached hydrogen (secondary N) is 1. The summed E-state index contributed by atoms with van der Waals surface area (Å²) in [7, 11) is 0.927. The Labute approximate surface area is 168 Å². The zero-order chi connectivity index (χ0) is 21.2. The molecule has 0 bridgehead atoms. The lowest BCUT2D eigenvalue weighted by molar-refractivity contribution is 0.0941. The van der Waals surface area contributed by atoms with Gasteiger partial charge in [0.2, 0.25) is 10.0 Å². The highest BCUT2D eigenvalue weighted by Gasteiger charge is 2.23. The Hall–Kier alpha value is -3.04. The van der Waals surface area contributed by atoms with Crippen molar-refractivity contribution in [3.05, 3.63) is 83.7 Å². The molecule has 152 valence electrons. The van der Waals surface area contributed by atoms with E-state index in [0.717, 1.165) is 4.31 Å². The van der Waals surface area contributed by atoms with Crippen LogP contribution in [-0.2, 0) is 17.1 Å². The Balaban J connectivity index is 1.97. The van der Waals surface area contributed by atoms with Gasteiger partial charge in [-0.3, -0.25) is 4.79 Å². The third-order valence-electron chi connectivity index (χ3n) is 4.45. The highest BCUT2D eigenvalue weighted by atomic mass is 32.2. The first-order chi connectivity index (χ1) is 13.7. The van der Waals surface area contributed by atoms with Crippen molar-refractivity contribution < 1.29 is 17.6 Å². The fourth-order valence-corrected chi connectivity index (χ4v) is 3.81. The number of carbonyl (C=O) groups excluding carboxylic acids is 1. The number of carbonyl (C=O) groups is 1. The third-order valence-corrected chi connectivity index (χ3v) is 6.26. The van der Waals surface area contributed by atoms with Crippen LogP contribution in [0.1, 0.15) is 27.8 Å². The first-order valence-electron chi connectivity index (χ1n) is 8.76. The smallest absolute Gasteiger partial charge is 0.252 e. The van der Waals surface area contributed by atoms with Crippen LogP contribution in [-0.4, -0.2) is 42.3 Å². The Morgan fingerprint density at radius 2 is 1.90 bits per heavy atom. The Morgan fingerprint density at radius 3 is 2.52 bits per heavy atom. The number of sulfonamides is 1. The van der Waals surface area contributed by atoms with Crippen molar-refractivity contribution in [1.82, 2.24) is 19.2 Å². The third kappa shape index (κ3) is 4.36. The molecule has 0 aliphatic rings. The van der Waals surface area contributed by atoms with Crippen LogP contribution < -0.4 is 5.32 Å². The summed E-state index contributed by atoms with van der Waals surface area (Å²) in [5.41, 5.74) is 0.688. The van der Waals surface area contributed by atoms with E-state index in [1.54, 1.807) is 36.1 Å². The van der Waals surface area contributed by atoms with Crippen molar-refractivity contribution in [1.29, 1.82) is 0 Å². The molecule has 7 nitrogen and oxygen atoms in total. The first-order valence-corrected chi connectivity index (χ1v) is 10.2. The van der Waals surface area contributed by atoms with Crippen LogP contribution in [0, 0.1) is 5.82 Å². The lowest BCUT2D eigenvalue weighted by atomic mass is 10.0. The van der Waals surface area contributed by atoms with E-state index in [2.05, 4.69) is 10.3 Å². The monoisotopic (exact) mass is 416 g/mol. The molecule has 1 amide bonds. The summed E-state index contributed by atoms with van der Waals surface area (Å²) >= 11 is 0. The van der Waals surface area contributed by atoms with Gasteiger partial charge in [-0.1, -0.05) is 18.2 Å². The molecule has 0 aliphatic heterocycles. The first kappa shape index (κ1) is 20.7. The second kappa shape index (κ2) is 8.14. The molecule has 0 radical (unpaired) electrons.